The molecule has 3 amide bonds. The third-order valence-corrected chi connectivity index (χ3v) is 8.39. The van der Waals surface area contributed by atoms with Crippen molar-refractivity contribution >= 4 is 34.6 Å². The van der Waals surface area contributed by atoms with Gasteiger partial charge in [-0.15, -0.1) is 6.58 Å². The number of para-hydroxylation sites is 1. The van der Waals surface area contributed by atoms with Crippen molar-refractivity contribution in [3.8, 4) is 5.75 Å². The van der Waals surface area contributed by atoms with Crippen molar-refractivity contribution in [3.05, 3.63) is 78.0 Å². The van der Waals surface area contributed by atoms with Crippen LogP contribution in [0.1, 0.15) is 34.3 Å². The second-order valence-electron chi connectivity index (χ2n) is 11.3. The van der Waals surface area contributed by atoms with Gasteiger partial charge in [-0.05, 0) is 36.1 Å². The zero-order valence-corrected chi connectivity index (χ0v) is 23.3. The molecule has 11 heteroatoms. The lowest BCUT2D eigenvalue weighted by Gasteiger charge is -2.54. The van der Waals surface area contributed by atoms with E-state index in [1.807, 2.05) is 36.0 Å². The summed E-state index contributed by atoms with van der Waals surface area (Å²) in [5.74, 6) is -0.357. The number of carbonyl (C=O) groups is 4. The van der Waals surface area contributed by atoms with Crippen molar-refractivity contribution in [1.29, 1.82) is 0 Å². The summed E-state index contributed by atoms with van der Waals surface area (Å²) in [4.78, 5) is 56.2. The van der Waals surface area contributed by atoms with E-state index in [0.717, 1.165) is 39.9 Å². The van der Waals surface area contributed by atoms with Gasteiger partial charge in [-0.3, -0.25) is 14.4 Å². The van der Waals surface area contributed by atoms with Crippen LogP contribution in [-0.4, -0.2) is 90.1 Å². The fraction of sp³-hybridized carbons (Fsp3) is 0.355. The van der Waals surface area contributed by atoms with E-state index in [1.54, 1.807) is 17.0 Å². The molecular weight excluding hydrogens is 538 g/mol. The second kappa shape index (κ2) is 10.6. The zero-order valence-electron chi connectivity index (χ0n) is 23.3. The average molecular weight is 572 g/mol. The highest BCUT2D eigenvalue weighted by atomic mass is 16.4. The quantitative estimate of drug-likeness (QED) is 0.314. The molecule has 1 aromatic heterocycles. The van der Waals surface area contributed by atoms with Crippen LogP contribution in [0.5, 0.6) is 5.75 Å². The highest BCUT2D eigenvalue weighted by Crippen LogP contribution is 2.36. The van der Waals surface area contributed by atoms with E-state index in [2.05, 4.69) is 6.58 Å². The number of benzene rings is 2. The molecule has 0 spiro atoms. The van der Waals surface area contributed by atoms with Crippen LogP contribution in [-0.2, 0) is 29.6 Å². The number of hydrogen-bond acceptors (Lipinski definition) is 6. The fourth-order valence-electron chi connectivity index (χ4n) is 6.33. The van der Waals surface area contributed by atoms with E-state index < -0.39 is 18.3 Å². The van der Waals surface area contributed by atoms with E-state index in [4.69, 9.17) is 0 Å². The second-order valence-corrected chi connectivity index (χ2v) is 11.3. The number of rotatable bonds is 8. The molecule has 11 nitrogen and oxygen atoms in total. The Labute approximate surface area is 242 Å². The number of aromatic nitrogens is 1. The van der Waals surface area contributed by atoms with Crippen LogP contribution in [0.3, 0.4) is 0 Å². The summed E-state index contributed by atoms with van der Waals surface area (Å²) in [5.41, 5.74) is 3.06. The topological polar surface area (TPSA) is 127 Å². The van der Waals surface area contributed by atoms with Crippen LogP contribution >= 0.6 is 0 Å². The SMILES string of the molecule is C=CCN1CC(=O)N2C(Cc3ccc(O)cc3)C(=O)N(Cc3cccc4c(C(=O)C5CC5)cn(C)c34)CC2N1C(=O)O. The van der Waals surface area contributed by atoms with Gasteiger partial charge in [0.15, 0.2) is 5.78 Å². The minimum atomic E-state index is -1.23. The molecular formula is C31H33N5O6. The summed E-state index contributed by atoms with van der Waals surface area (Å²) in [7, 11) is 1.88. The van der Waals surface area contributed by atoms with Crippen molar-refractivity contribution < 1.29 is 29.4 Å². The van der Waals surface area contributed by atoms with Gasteiger partial charge in [0.05, 0.1) is 18.6 Å². The Hall–Kier alpha value is -4.64. The Balaban J connectivity index is 1.39. The predicted molar refractivity (Wildman–Crippen MR) is 153 cm³/mol. The molecule has 218 valence electrons. The standard InChI is InChI=1S/C31H33N5O6/c1-3-13-34-18-27(38)35-25(14-19-7-11-22(37)12-8-19)30(40)33(17-26(35)36(34)31(41)42)15-21-5-4-6-23-24(16-32(2)28(21)23)29(39)20-9-10-20/h3-8,11-12,16,20,25-26,37H,1,9-10,13-15,17-18H2,2H3,(H,41,42). The van der Waals surface area contributed by atoms with Crippen LogP contribution < -0.4 is 0 Å². The highest BCUT2D eigenvalue weighted by molar-refractivity contribution is 6.10. The number of aryl methyl sites for hydroxylation is 1. The lowest BCUT2D eigenvalue weighted by Crippen LogP contribution is -2.75. The Kier molecular flexibility index (Phi) is 6.97. The van der Waals surface area contributed by atoms with Gasteiger partial charge in [-0.2, -0.15) is 0 Å². The number of aromatic hydroxyl groups is 1. The highest BCUT2D eigenvalue weighted by Gasteiger charge is 2.51. The molecule has 6 rings (SSSR count). The Morgan fingerprint density at radius 3 is 2.50 bits per heavy atom. The molecule has 1 aliphatic carbocycles. The van der Waals surface area contributed by atoms with Crippen molar-refractivity contribution in [3.63, 3.8) is 0 Å². The summed E-state index contributed by atoms with van der Waals surface area (Å²) in [5, 5.41) is 23.4. The molecule has 2 N–H and O–H groups in total. The van der Waals surface area contributed by atoms with Gasteiger partial charge in [0, 0.05) is 49.6 Å². The van der Waals surface area contributed by atoms with Gasteiger partial charge in [-0.1, -0.05) is 36.4 Å². The number of ketones is 1. The maximum Gasteiger partial charge on any atom is 0.424 e. The summed E-state index contributed by atoms with van der Waals surface area (Å²) < 4.78 is 1.91. The Morgan fingerprint density at radius 1 is 1.10 bits per heavy atom. The largest absolute Gasteiger partial charge is 0.508 e. The van der Waals surface area contributed by atoms with Crippen molar-refractivity contribution in [2.45, 2.75) is 38.0 Å². The number of hydrazine groups is 1. The number of phenols is 1. The number of Topliss-reactive ketones (excluding diaryl/α,β-unsaturated/α-hetero) is 1. The molecule has 42 heavy (non-hydrogen) atoms. The van der Waals surface area contributed by atoms with Gasteiger partial charge >= 0.3 is 6.09 Å². The smallest absolute Gasteiger partial charge is 0.424 e. The summed E-state index contributed by atoms with van der Waals surface area (Å²) >= 11 is 0. The molecule has 3 aromatic rings. The van der Waals surface area contributed by atoms with Gasteiger partial charge in [0.1, 0.15) is 18.0 Å². The lowest BCUT2D eigenvalue weighted by atomic mass is 9.98. The minimum Gasteiger partial charge on any atom is -0.508 e. The van der Waals surface area contributed by atoms with Gasteiger partial charge in [-0.25, -0.2) is 14.8 Å². The molecule has 2 aromatic carbocycles. The molecule has 2 saturated heterocycles. The van der Waals surface area contributed by atoms with Crippen LogP contribution in [0.4, 0.5) is 4.79 Å². The maximum absolute atomic E-state index is 14.1. The molecule has 2 atom stereocenters. The fourth-order valence-corrected chi connectivity index (χ4v) is 6.33. The molecule has 0 bridgehead atoms. The molecule has 2 aliphatic heterocycles. The number of fused-ring (bicyclic) bond motifs is 2. The zero-order chi connectivity index (χ0) is 29.7. The first-order valence-electron chi connectivity index (χ1n) is 14.0. The van der Waals surface area contributed by atoms with Crippen molar-refractivity contribution in [1.82, 2.24) is 24.4 Å². The third kappa shape index (κ3) is 4.79. The van der Waals surface area contributed by atoms with Crippen molar-refractivity contribution in [2.24, 2.45) is 13.0 Å². The molecule has 2 unspecified atom stereocenters. The van der Waals surface area contributed by atoms with Crippen LogP contribution in [0.2, 0.25) is 0 Å². The number of phenolic OH excluding ortho intramolecular Hbond substituents is 1. The van der Waals surface area contributed by atoms with Crippen LogP contribution in [0, 0.1) is 5.92 Å². The Bertz CT molecular complexity index is 1590. The Morgan fingerprint density at radius 2 is 1.83 bits per heavy atom. The van der Waals surface area contributed by atoms with E-state index >= 15 is 0 Å². The van der Waals surface area contributed by atoms with Gasteiger partial charge < -0.3 is 24.6 Å². The first kappa shape index (κ1) is 27.5. The summed E-state index contributed by atoms with van der Waals surface area (Å²) in [6.45, 7) is 3.81. The number of piperazine rings is 1. The first-order valence-corrected chi connectivity index (χ1v) is 14.0. The maximum atomic E-state index is 14.1. The number of amides is 3. The molecule has 3 aliphatic rings. The van der Waals surface area contributed by atoms with E-state index in [0.29, 0.717) is 5.56 Å². The van der Waals surface area contributed by atoms with E-state index in [-0.39, 0.29) is 61.9 Å². The monoisotopic (exact) mass is 571 g/mol. The molecule has 3 fully saturated rings. The first-order chi connectivity index (χ1) is 20.2. The number of carbonyl (C=O) groups excluding carboxylic acids is 3. The van der Waals surface area contributed by atoms with Crippen LogP contribution in [0.25, 0.3) is 10.9 Å². The normalized spacial score (nSPS) is 21.1. The number of nitrogens with zero attached hydrogens (tertiary/aromatic N) is 5. The number of carboxylic acid groups (broad SMARTS) is 1. The molecule has 0 radical (unpaired) electrons. The molecule has 3 heterocycles. The van der Waals surface area contributed by atoms with Gasteiger partial charge in [0.25, 0.3) is 0 Å². The minimum absolute atomic E-state index is 0.0226. The molecule has 1 saturated carbocycles. The number of hydrogen-bond donors (Lipinski definition) is 2. The van der Waals surface area contributed by atoms with Gasteiger partial charge in [0.2, 0.25) is 11.8 Å². The predicted octanol–water partition coefficient (Wildman–Crippen LogP) is 2.98. The lowest BCUT2D eigenvalue weighted by molar-refractivity contribution is -0.192. The third-order valence-electron chi connectivity index (χ3n) is 8.39. The van der Waals surface area contributed by atoms with Crippen LogP contribution in [0.15, 0.2) is 61.3 Å². The van der Waals surface area contributed by atoms with E-state index in [9.17, 15) is 29.4 Å². The van der Waals surface area contributed by atoms with Crippen molar-refractivity contribution in [2.75, 3.05) is 19.6 Å². The average Bonchev–Trinajstić information content (AvgIpc) is 3.75. The summed E-state index contributed by atoms with van der Waals surface area (Å²) in [6, 6.07) is 11.2. The van der Waals surface area contributed by atoms with E-state index in [1.165, 1.54) is 28.1 Å². The summed E-state index contributed by atoms with van der Waals surface area (Å²) in [6.07, 6.45) is 3.17.